The molecule has 1 fully saturated rings. The Morgan fingerprint density at radius 3 is 2.41 bits per heavy atom. The Morgan fingerprint density at radius 1 is 0.938 bits per heavy atom. The van der Waals surface area contributed by atoms with Gasteiger partial charge in [-0.3, -0.25) is 14.6 Å². The van der Waals surface area contributed by atoms with Crippen LogP contribution in [0.5, 0.6) is 11.5 Å². The molecule has 0 radical (unpaired) electrons. The molecule has 168 valence electrons. The van der Waals surface area contributed by atoms with Gasteiger partial charge in [-0.1, -0.05) is 6.07 Å². The Morgan fingerprint density at radius 2 is 1.66 bits per heavy atom. The summed E-state index contributed by atoms with van der Waals surface area (Å²) in [6.45, 7) is 7.73. The van der Waals surface area contributed by atoms with E-state index in [1.807, 2.05) is 50.2 Å². The first-order valence-corrected chi connectivity index (χ1v) is 11.1. The first-order valence-electron chi connectivity index (χ1n) is 11.1. The van der Waals surface area contributed by atoms with Crippen LogP contribution in [0, 0.1) is 6.92 Å². The number of pyridine rings is 1. The highest BCUT2D eigenvalue weighted by Crippen LogP contribution is 2.33. The largest absolute Gasteiger partial charge is 0.454 e. The van der Waals surface area contributed by atoms with Crippen molar-refractivity contribution in [3.63, 3.8) is 0 Å². The molecule has 0 saturated carbocycles. The molecule has 1 aromatic heterocycles. The maximum absolute atomic E-state index is 13.3. The molecule has 0 bridgehead atoms. The van der Waals surface area contributed by atoms with Crippen LogP contribution in [0.25, 0.3) is 10.9 Å². The average molecular weight is 435 g/mol. The number of aryl methyl sites for hydroxylation is 1. The first kappa shape index (κ1) is 20.8. The minimum absolute atomic E-state index is 0.141. The predicted octanol–water partition coefficient (Wildman–Crippen LogP) is 2.95. The summed E-state index contributed by atoms with van der Waals surface area (Å²) in [5.74, 6) is 1.66. The number of rotatable bonds is 5. The number of nitrogens with one attached hydrogen (secondary N) is 1. The molecule has 1 N–H and O–H groups in total. The maximum Gasteiger partial charge on any atom is 0.231 e. The molecule has 5 rings (SSSR count). The molecule has 3 aromatic rings. The number of aromatic nitrogens is 1. The van der Waals surface area contributed by atoms with E-state index in [9.17, 15) is 4.79 Å². The summed E-state index contributed by atoms with van der Waals surface area (Å²) in [7, 11) is 3.99. The smallest absolute Gasteiger partial charge is 0.231 e. The molecule has 3 heterocycles. The summed E-state index contributed by atoms with van der Waals surface area (Å²) >= 11 is 0. The third-order valence-corrected chi connectivity index (χ3v) is 6.50. The highest BCUT2D eigenvalue weighted by atomic mass is 16.7. The van der Waals surface area contributed by atoms with Gasteiger partial charge in [-0.2, -0.15) is 0 Å². The SMILES string of the molecule is Cc1[nH]c2ccc(N(C)C)cc2c(=O)c1CN1CCN(Cc2ccc3c(c2)OCO3)CC1. The fraction of sp³-hybridized carbons (Fsp3) is 0.400. The lowest BCUT2D eigenvalue weighted by molar-refractivity contribution is 0.121. The number of anilines is 1. The highest BCUT2D eigenvalue weighted by molar-refractivity contribution is 5.83. The second-order valence-electron chi connectivity index (χ2n) is 8.92. The van der Waals surface area contributed by atoms with Crippen molar-refractivity contribution in [3.05, 3.63) is 63.4 Å². The highest BCUT2D eigenvalue weighted by Gasteiger charge is 2.21. The Balaban J connectivity index is 1.26. The van der Waals surface area contributed by atoms with E-state index in [-0.39, 0.29) is 5.43 Å². The molecule has 2 aliphatic heterocycles. The second-order valence-corrected chi connectivity index (χ2v) is 8.92. The van der Waals surface area contributed by atoms with Crippen molar-refractivity contribution >= 4 is 16.6 Å². The standard InChI is InChI=1S/C25H30N4O3/c1-17-21(25(30)20-13-19(27(2)3)5-6-22(20)26-17)15-29-10-8-28(9-11-29)14-18-4-7-23-24(12-18)32-16-31-23/h4-7,12-13H,8-11,14-16H2,1-3H3,(H,26,30). The summed E-state index contributed by atoms with van der Waals surface area (Å²) in [6, 6.07) is 12.2. The lowest BCUT2D eigenvalue weighted by atomic mass is 10.1. The molecule has 0 unspecified atom stereocenters. The van der Waals surface area contributed by atoms with Gasteiger partial charge in [-0.05, 0) is 42.8 Å². The van der Waals surface area contributed by atoms with E-state index >= 15 is 0 Å². The van der Waals surface area contributed by atoms with Gasteiger partial charge in [0.05, 0.1) is 0 Å². The molecule has 2 aliphatic rings. The molecule has 7 nitrogen and oxygen atoms in total. The summed E-state index contributed by atoms with van der Waals surface area (Å²) in [5.41, 5.74) is 5.15. The summed E-state index contributed by atoms with van der Waals surface area (Å²) < 4.78 is 10.9. The van der Waals surface area contributed by atoms with Gasteiger partial charge in [0.1, 0.15) is 0 Å². The molecule has 0 amide bonds. The topological polar surface area (TPSA) is 61.0 Å². The average Bonchev–Trinajstić information content (AvgIpc) is 3.25. The van der Waals surface area contributed by atoms with Gasteiger partial charge in [0.15, 0.2) is 16.9 Å². The first-order chi connectivity index (χ1) is 15.5. The third-order valence-electron chi connectivity index (χ3n) is 6.50. The molecule has 32 heavy (non-hydrogen) atoms. The quantitative estimate of drug-likeness (QED) is 0.666. The van der Waals surface area contributed by atoms with E-state index in [2.05, 4.69) is 26.9 Å². The van der Waals surface area contributed by atoms with Gasteiger partial charge in [0.25, 0.3) is 0 Å². The van der Waals surface area contributed by atoms with Crippen LogP contribution in [0.4, 0.5) is 5.69 Å². The van der Waals surface area contributed by atoms with E-state index in [0.29, 0.717) is 13.3 Å². The maximum atomic E-state index is 13.3. The van der Waals surface area contributed by atoms with E-state index in [0.717, 1.165) is 72.1 Å². The number of H-pyrrole nitrogens is 1. The normalized spacial score (nSPS) is 16.6. The molecule has 0 aliphatic carbocycles. The number of ether oxygens (including phenoxy) is 2. The van der Waals surface area contributed by atoms with Crippen molar-refractivity contribution in [2.45, 2.75) is 20.0 Å². The van der Waals surface area contributed by atoms with Gasteiger partial charge in [0.2, 0.25) is 6.79 Å². The third kappa shape index (κ3) is 4.06. The van der Waals surface area contributed by atoms with Crippen molar-refractivity contribution < 1.29 is 9.47 Å². The van der Waals surface area contributed by atoms with Crippen molar-refractivity contribution in [1.82, 2.24) is 14.8 Å². The van der Waals surface area contributed by atoms with Crippen LogP contribution < -0.4 is 19.8 Å². The fourth-order valence-electron chi connectivity index (χ4n) is 4.53. The number of aromatic amines is 1. The Labute approximate surface area is 188 Å². The zero-order chi connectivity index (χ0) is 22.2. The van der Waals surface area contributed by atoms with Crippen LogP contribution in [0.15, 0.2) is 41.2 Å². The van der Waals surface area contributed by atoms with E-state index < -0.39 is 0 Å². The fourth-order valence-corrected chi connectivity index (χ4v) is 4.53. The van der Waals surface area contributed by atoms with Gasteiger partial charge in [-0.25, -0.2) is 0 Å². The van der Waals surface area contributed by atoms with Crippen LogP contribution in [0.3, 0.4) is 0 Å². The minimum atomic E-state index is 0.141. The number of hydrogen-bond acceptors (Lipinski definition) is 6. The molecular weight excluding hydrogens is 404 g/mol. The summed E-state index contributed by atoms with van der Waals surface area (Å²) in [6.07, 6.45) is 0. The monoisotopic (exact) mass is 434 g/mol. The van der Waals surface area contributed by atoms with Crippen LogP contribution in [-0.4, -0.2) is 61.9 Å². The number of hydrogen-bond donors (Lipinski definition) is 1. The van der Waals surface area contributed by atoms with Crippen molar-refractivity contribution in [2.24, 2.45) is 0 Å². The van der Waals surface area contributed by atoms with Crippen LogP contribution in [-0.2, 0) is 13.1 Å². The number of piperazine rings is 1. The van der Waals surface area contributed by atoms with E-state index in [4.69, 9.17) is 9.47 Å². The number of nitrogens with zero attached hydrogens (tertiary/aromatic N) is 3. The molecule has 7 heteroatoms. The van der Waals surface area contributed by atoms with E-state index in [1.54, 1.807) is 0 Å². The van der Waals surface area contributed by atoms with Gasteiger partial charge in [-0.15, -0.1) is 0 Å². The molecule has 0 atom stereocenters. The van der Waals surface area contributed by atoms with Crippen LogP contribution in [0.1, 0.15) is 16.8 Å². The lowest BCUT2D eigenvalue weighted by Crippen LogP contribution is -2.46. The van der Waals surface area contributed by atoms with Crippen molar-refractivity contribution in [1.29, 1.82) is 0 Å². The lowest BCUT2D eigenvalue weighted by Gasteiger charge is -2.34. The number of fused-ring (bicyclic) bond motifs is 2. The Hall–Kier alpha value is -3.03. The second kappa shape index (κ2) is 8.48. The van der Waals surface area contributed by atoms with Gasteiger partial charge >= 0.3 is 0 Å². The number of benzene rings is 2. The minimum Gasteiger partial charge on any atom is -0.454 e. The molecule has 0 spiro atoms. The Kier molecular flexibility index (Phi) is 5.53. The molecule has 2 aromatic carbocycles. The zero-order valence-electron chi connectivity index (χ0n) is 19.0. The zero-order valence-corrected chi connectivity index (χ0v) is 19.0. The van der Waals surface area contributed by atoms with Gasteiger partial charge < -0.3 is 19.4 Å². The van der Waals surface area contributed by atoms with Crippen LogP contribution >= 0.6 is 0 Å². The van der Waals surface area contributed by atoms with Crippen LogP contribution in [0.2, 0.25) is 0 Å². The predicted molar refractivity (Wildman–Crippen MR) is 127 cm³/mol. The van der Waals surface area contributed by atoms with Crippen molar-refractivity contribution in [2.75, 3.05) is 52.0 Å². The molecular formula is C25H30N4O3. The molecule has 1 saturated heterocycles. The van der Waals surface area contributed by atoms with Gasteiger partial charge in [0, 0.05) is 81.2 Å². The van der Waals surface area contributed by atoms with Crippen molar-refractivity contribution in [3.8, 4) is 11.5 Å². The van der Waals surface area contributed by atoms with E-state index in [1.165, 1.54) is 5.56 Å². The Bertz CT molecular complexity index is 1200. The summed E-state index contributed by atoms with van der Waals surface area (Å²) in [4.78, 5) is 23.6. The summed E-state index contributed by atoms with van der Waals surface area (Å²) in [5, 5.41) is 0.762.